The molecule has 1 saturated carbocycles. The maximum absolute atomic E-state index is 6.46. The lowest BCUT2D eigenvalue weighted by atomic mass is 9.69. The minimum absolute atomic E-state index is 0.0241. The fourth-order valence-corrected chi connectivity index (χ4v) is 3.08. The number of nitrogens with two attached hydrogens (primary N) is 1. The lowest BCUT2D eigenvalue weighted by Crippen LogP contribution is -2.41. The molecule has 0 radical (unpaired) electrons. The molecule has 0 bridgehead atoms. The summed E-state index contributed by atoms with van der Waals surface area (Å²) in [6, 6.07) is 4.29. The van der Waals surface area contributed by atoms with Gasteiger partial charge in [0, 0.05) is 4.88 Å². The predicted octanol–water partition coefficient (Wildman–Crippen LogP) is 3.50. The van der Waals surface area contributed by atoms with E-state index in [1.165, 1.54) is 17.7 Å². The number of hydrogen-bond donors (Lipinski definition) is 1. The van der Waals surface area contributed by atoms with Gasteiger partial charge in [0.1, 0.15) is 0 Å². The lowest BCUT2D eigenvalue weighted by molar-refractivity contribution is 0.168. The molecule has 1 heterocycles. The van der Waals surface area contributed by atoms with Crippen LogP contribution >= 0.6 is 11.3 Å². The molecule has 1 aliphatic rings. The lowest BCUT2D eigenvalue weighted by Gasteiger charge is -2.40. The summed E-state index contributed by atoms with van der Waals surface area (Å²) in [5.41, 5.74) is 6.93. The van der Waals surface area contributed by atoms with Crippen molar-refractivity contribution in [2.75, 3.05) is 0 Å². The third kappa shape index (κ3) is 1.86. The first-order chi connectivity index (χ1) is 6.52. The van der Waals surface area contributed by atoms with E-state index >= 15 is 0 Å². The molecule has 78 valence electrons. The first-order valence-corrected chi connectivity index (χ1v) is 6.23. The van der Waals surface area contributed by atoms with E-state index < -0.39 is 0 Å². The average Bonchev–Trinajstić information content (AvgIpc) is 2.64. The van der Waals surface area contributed by atoms with Crippen LogP contribution in [0.3, 0.4) is 0 Å². The molecule has 0 saturated heterocycles. The standard InChI is InChI=1S/C12H19NS/c1-11(2)5-7-12(13,8-6-11)10-4-3-9-14-10/h3-4,9H,5-8,13H2,1-2H3. The zero-order valence-corrected chi connectivity index (χ0v) is 9.86. The second kappa shape index (κ2) is 3.35. The minimum Gasteiger partial charge on any atom is -0.321 e. The predicted molar refractivity (Wildman–Crippen MR) is 62.4 cm³/mol. The van der Waals surface area contributed by atoms with Crippen molar-refractivity contribution in [1.29, 1.82) is 0 Å². The zero-order chi connectivity index (χ0) is 10.2. The first-order valence-electron chi connectivity index (χ1n) is 5.35. The topological polar surface area (TPSA) is 26.0 Å². The van der Waals surface area contributed by atoms with Gasteiger partial charge in [0.05, 0.1) is 5.54 Å². The molecule has 14 heavy (non-hydrogen) atoms. The summed E-state index contributed by atoms with van der Waals surface area (Å²) in [6.07, 6.45) is 4.78. The normalized spacial score (nSPS) is 24.8. The van der Waals surface area contributed by atoms with Crippen molar-refractivity contribution < 1.29 is 0 Å². The molecule has 0 amide bonds. The molecule has 0 unspecified atom stereocenters. The Morgan fingerprint density at radius 1 is 1.21 bits per heavy atom. The van der Waals surface area contributed by atoms with Crippen LogP contribution in [0.15, 0.2) is 17.5 Å². The van der Waals surface area contributed by atoms with Gasteiger partial charge < -0.3 is 5.73 Å². The molecular weight excluding hydrogens is 190 g/mol. The van der Waals surface area contributed by atoms with Crippen LogP contribution in [0.1, 0.15) is 44.4 Å². The van der Waals surface area contributed by atoms with Gasteiger partial charge in [-0.2, -0.15) is 0 Å². The van der Waals surface area contributed by atoms with Gasteiger partial charge in [0.25, 0.3) is 0 Å². The van der Waals surface area contributed by atoms with Crippen LogP contribution in [-0.4, -0.2) is 0 Å². The van der Waals surface area contributed by atoms with Gasteiger partial charge in [-0.15, -0.1) is 11.3 Å². The highest BCUT2D eigenvalue weighted by Crippen LogP contribution is 2.44. The minimum atomic E-state index is -0.0241. The van der Waals surface area contributed by atoms with E-state index in [-0.39, 0.29) is 5.54 Å². The number of rotatable bonds is 1. The molecule has 1 nitrogen and oxygen atoms in total. The Labute approximate surface area is 90.3 Å². The van der Waals surface area contributed by atoms with Crippen molar-refractivity contribution in [3.63, 3.8) is 0 Å². The third-order valence-corrected chi connectivity index (χ3v) is 4.60. The van der Waals surface area contributed by atoms with Crippen molar-refractivity contribution in [2.45, 2.75) is 45.1 Å². The molecule has 1 aliphatic carbocycles. The maximum atomic E-state index is 6.46. The fraction of sp³-hybridized carbons (Fsp3) is 0.667. The van der Waals surface area contributed by atoms with E-state index in [9.17, 15) is 0 Å². The monoisotopic (exact) mass is 209 g/mol. The maximum Gasteiger partial charge on any atom is 0.0504 e. The fourth-order valence-electron chi connectivity index (χ4n) is 2.18. The van der Waals surface area contributed by atoms with Crippen LogP contribution < -0.4 is 5.73 Å². The summed E-state index contributed by atoms with van der Waals surface area (Å²) >= 11 is 1.80. The van der Waals surface area contributed by atoms with E-state index in [0.717, 1.165) is 12.8 Å². The Morgan fingerprint density at radius 3 is 2.36 bits per heavy atom. The quantitative estimate of drug-likeness (QED) is 0.752. The second-order valence-electron chi connectivity index (χ2n) is 5.30. The summed E-state index contributed by atoms with van der Waals surface area (Å²) < 4.78 is 0. The number of thiophene rings is 1. The van der Waals surface area contributed by atoms with Crippen LogP contribution in [0, 0.1) is 5.41 Å². The highest BCUT2D eigenvalue weighted by atomic mass is 32.1. The first kappa shape index (κ1) is 10.2. The molecule has 0 aliphatic heterocycles. The molecule has 2 rings (SSSR count). The van der Waals surface area contributed by atoms with Crippen LogP contribution in [0.4, 0.5) is 0 Å². The largest absolute Gasteiger partial charge is 0.321 e. The van der Waals surface area contributed by atoms with E-state index in [0.29, 0.717) is 5.41 Å². The Hall–Kier alpha value is -0.340. The van der Waals surface area contributed by atoms with E-state index in [2.05, 4.69) is 31.4 Å². The molecule has 1 aromatic rings. The van der Waals surface area contributed by atoms with E-state index in [1.807, 2.05) is 0 Å². The Kier molecular flexibility index (Phi) is 2.44. The van der Waals surface area contributed by atoms with Crippen molar-refractivity contribution in [2.24, 2.45) is 11.1 Å². The second-order valence-corrected chi connectivity index (χ2v) is 6.25. The number of hydrogen-bond acceptors (Lipinski definition) is 2. The SMILES string of the molecule is CC1(C)CCC(N)(c2cccs2)CC1. The summed E-state index contributed by atoms with van der Waals surface area (Å²) in [7, 11) is 0. The van der Waals surface area contributed by atoms with Gasteiger partial charge in [-0.1, -0.05) is 19.9 Å². The molecule has 1 fully saturated rings. The molecule has 2 heteroatoms. The summed E-state index contributed by atoms with van der Waals surface area (Å²) in [5, 5.41) is 2.13. The van der Waals surface area contributed by atoms with Crippen molar-refractivity contribution in [3.05, 3.63) is 22.4 Å². The molecule has 0 atom stereocenters. The summed E-state index contributed by atoms with van der Waals surface area (Å²) in [6.45, 7) is 4.70. The van der Waals surface area contributed by atoms with Crippen LogP contribution in [0.5, 0.6) is 0 Å². The summed E-state index contributed by atoms with van der Waals surface area (Å²) in [4.78, 5) is 1.37. The Bertz CT molecular complexity index is 290. The molecule has 1 aromatic heterocycles. The van der Waals surface area contributed by atoms with Gasteiger partial charge in [-0.3, -0.25) is 0 Å². The van der Waals surface area contributed by atoms with Gasteiger partial charge in [-0.05, 0) is 42.5 Å². The van der Waals surface area contributed by atoms with Crippen molar-refractivity contribution in [3.8, 4) is 0 Å². The van der Waals surface area contributed by atoms with Gasteiger partial charge in [-0.25, -0.2) is 0 Å². The zero-order valence-electron chi connectivity index (χ0n) is 9.05. The van der Waals surface area contributed by atoms with Crippen molar-refractivity contribution in [1.82, 2.24) is 0 Å². The molecule has 2 N–H and O–H groups in total. The molecule has 0 spiro atoms. The Morgan fingerprint density at radius 2 is 1.86 bits per heavy atom. The van der Waals surface area contributed by atoms with E-state index in [4.69, 9.17) is 5.73 Å². The van der Waals surface area contributed by atoms with Crippen LogP contribution in [0.25, 0.3) is 0 Å². The van der Waals surface area contributed by atoms with Gasteiger partial charge in [0.15, 0.2) is 0 Å². The van der Waals surface area contributed by atoms with Crippen LogP contribution in [-0.2, 0) is 5.54 Å². The molecular formula is C12H19NS. The summed E-state index contributed by atoms with van der Waals surface area (Å²) in [5.74, 6) is 0. The molecule has 0 aromatic carbocycles. The highest BCUT2D eigenvalue weighted by molar-refractivity contribution is 7.10. The van der Waals surface area contributed by atoms with Crippen molar-refractivity contribution >= 4 is 11.3 Å². The van der Waals surface area contributed by atoms with Crippen LogP contribution in [0.2, 0.25) is 0 Å². The van der Waals surface area contributed by atoms with Gasteiger partial charge in [0.2, 0.25) is 0 Å². The Balaban J connectivity index is 2.13. The average molecular weight is 209 g/mol. The highest BCUT2D eigenvalue weighted by Gasteiger charge is 2.36. The third-order valence-electron chi connectivity index (χ3n) is 3.51. The van der Waals surface area contributed by atoms with Gasteiger partial charge >= 0.3 is 0 Å². The smallest absolute Gasteiger partial charge is 0.0504 e. The van der Waals surface area contributed by atoms with E-state index in [1.54, 1.807) is 11.3 Å².